The van der Waals surface area contributed by atoms with Gasteiger partial charge in [0.15, 0.2) is 0 Å². The molecule has 0 spiro atoms. The minimum Gasteiger partial charge on any atom is -0.493 e. The molecule has 4 aromatic carbocycles. The molecule has 0 radical (unpaired) electrons. The number of hydrogen-bond acceptors (Lipinski definition) is 8. The molecular weight excluding hydrogens is 787 g/mol. The third-order valence-corrected chi connectivity index (χ3v) is 8.98. The Morgan fingerprint density at radius 2 is 1.18 bits per heavy atom. The van der Waals surface area contributed by atoms with Crippen molar-refractivity contribution in [1.82, 2.24) is 25.3 Å². The number of carbonyl (C=O) groups is 1. The Hall–Kier alpha value is -5.13. The number of likely N-dealkylation sites (tertiary alicyclic amines) is 2. The first kappa shape index (κ1) is 29.3. The van der Waals surface area contributed by atoms with E-state index in [-0.39, 0.29) is 66.1 Å². The molecule has 12 heteroatoms. The summed E-state index contributed by atoms with van der Waals surface area (Å²) in [5.74, 6) is -1.30. The van der Waals surface area contributed by atoms with Gasteiger partial charge in [-0.05, 0) is 148 Å². The second-order valence-electron chi connectivity index (χ2n) is 14.9. The van der Waals surface area contributed by atoms with Gasteiger partial charge in [-0.3, -0.25) is 0 Å². The number of nitrogens with zero attached hydrogens (tertiary/aromatic N) is 4. The number of nitrogens with one attached hydrogen (secondary N) is 2. The minimum atomic E-state index is -2.49. The fraction of sp³-hybridized carbons (Fsp3) is 0.480. The molecule has 0 bridgehead atoms. The van der Waals surface area contributed by atoms with E-state index >= 15 is 0 Å². The number of ether oxygens (including phenoxy) is 2. The van der Waals surface area contributed by atoms with Crippen molar-refractivity contribution >= 4 is 12.1 Å². The van der Waals surface area contributed by atoms with Gasteiger partial charge in [-0.2, -0.15) is 0 Å². The van der Waals surface area contributed by atoms with Crippen LogP contribution in [0.15, 0.2) is 102 Å². The number of urea groups is 1. The van der Waals surface area contributed by atoms with E-state index in [2.05, 4.69) is 15.6 Å². The summed E-state index contributed by atoms with van der Waals surface area (Å²) in [6.45, 7) is -9.35. The molecule has 2 heterocycles. The van der Waals surface area contributed by atoms with Crippen molar-refractivity contribution in [3.63, 3.8) is 0 Å². The molecule has 336 valence electrons. The summed E-state index contributed by atoms with van der Waals surface area (Å²) < 4.78 is 179. The maximum absolute atomic E-state index is 13.6. The Balaban J connectivity index is 0.000000288. The average molecular weight is 873 g/mol. The lowest BCUT2D eigenvalue weighted by molar-refractivity contribution is 0.127. The molecule has 2 aliphatic rings. The first-order chi connectivity index (χ1) is 36.7. The van der Waals surface area contributed by atoms with Crippen LogP contribution in [0.25, 0.3) is 0 Å². The van der Waals surface area contributed by atoms with Crippen LogP contribution in [0.5, 0.6) is 11.5 Å². The van der Waals surface area contributed by atoms with E-state index in [1.807, 2.05) is 0 Å². The van der Waals surface area contributed by atoms with Crippen molar-refractivity contribution in [2.24, 2.45) is 16.8 Å². The van der Waals surface area contributed by atoms with E-state index in [1.54, 1.807) is 27.7 Å². The predicted molar refractivity (Wildman–Crippen MR) is 244 cm³/mol. The molecule has 10 nitrogen and oxygen atoms in total. The van der Waals surface area contributed by atoms with E-state index in [0.29, 0.717) is 31.5 Å². The molecule has 0 aliphatic carbocycles. The van der Waals surface area contributed by atoms with Crippen LogP contribution in [-0.4, -0.2) is 92.1 Å². The summed E-state index contributed by atoms with van der Waals surface area (Å²) in [6.07, 6.45) is 2.57. The Bertz CT molecular complexity index is 2650. The summed E-state index contributed by atoms with van der Waals surface area (Å²) in [4.78, 5) is 30.3. The minimum absolute atomic E-state index is 0.0119. The molecule has 2 N–H and O–H groups in total. The van der Waals surface area contributed by atoms with Crippen LogP contribution < -0.4 is 20.1 Å². The standard InChI is InChI=1S/C25H34FN3O2.C13H19FN2.C12H15NO2/c1-19(2)18-31-24-10-6-20(7-11-24)16-27-25(30)29(23-12-14-28(3)15-13-23)17-21-4-8-22(26)9-5-21;1-16-8-6-13(7-9-16)15-10-11-2-4-12(14)5-3-11;1-10(2)8-15-12-5-3-11(4-6-12)7-13-9-14/h4-11,19,23H,12-18H2,1-3H3,(H,27,30);2-5,13,15H,6-10H2,1H3;3-6,10H,7-8H2,1-2H3/i3D3,16D2,17D2,18D2;1D3,10D2;7D2,8D2. The lowest BCUT2D eigenvalue weighted by Gasteiger charge is -2.37. The molecule has 2 saturated heterocycles. The normalized spacial score (nSPS) is 20.9. The zero-order valence-electron chi connectivity index (χ0n) is 53.4. The molecule has 0 aromatic heterocycles. The monoisotopic (exact) mass is 873 g/mol. The first-order valence-corrected chi connectivity index (χ1v) is 20.3. The van der Waals surface area contributed by atoms with E-state index in [9.17, 15) is 18.4 Å². The SMILES string of the molecule is [2H]C([2H])(N=C=O)c1ccc(OC([2H])([2H])C(C)C)cc1.[2H]C([2H])(NC(=O)N(C1CCN(C([2H])([2H])[2H])CC1)C([2H])([2H])c1ccc(F)cc1)c1ccc(OC([2H])([2H])C(C)C)cc1.[2H]C([2H])(NC1CCN(C([2H])([2H])[2H])CC1)c1ccc(F)cc1. The van der Waals surface area contributed by atoms with Crippen LogP contribution >= 0.6 is 0 Å². The molecule has 0 saturated carbocycles. The molecule has 6 rings (SSSR count). The fourth-order valence-corrected chi connectivity index (χ4v) is 5.69. The molecule has 2 amide bonds. The molecule has 0 unspecified atom stereocenters. The number of amides is 2. The molecule has 0 atom stereocenters. The molecule has 2 aliphatic heterocycles. The molecule has 2 fully saturated rings. The van der Waals surface area contributed by atoms with Crippen LogP contribution in [0.2, 0.25) is 0 Å². The summed E-state index contributed by atoms with van der Waals surface area (Å²) >= 11 is 0. The number of benzene rings is 4. The quantitative estimate of drug-likeness (QED) is 0.0856. The van der Waals surface area contributed by atoms with Gasteiger partial charge in [0.1, 0.15) is 23.1 Å². The van der Waals surface area contributed by atoms with Gasteiger partial charge in [-0.1, -0.05) is 76.2 Å². The fourth-order valence-electron chi connectivity index (χ4n) is 5.69. The van der Waals surface area contributed by atoms with Gasteiger partial charge in [0, 0.05) is 42.5 Å². The number of hydrogen-bond donors (Lipinski definition) is 2. The lowest BCUT2D eigenvalue weighted by atomic mass is 10.0. The van der Waals surface area contributed by atoms with Crippen molar-refractivity contribution in [3.05, 3.63) is 131 Å². The highest BCUT2D eigenvalue weighted by molar-refractivity contribution is 5.74. The predicted octanol–water partition coefficient (Wildman–Crippen LogP) is 9.23. The zero-order valence-corrected chi connectivity index (χ0v) is 35.4. The Morgan fingerprint density at radius 3 is 1.66 bits per heavy atom. The lowest BCUT2D eigenvalue weighted by Crippen LogP contribution is -2.49. The molecule has 62 heavy (non-hydrogen) atoms. The van der Waals surface area contributed by atoms with E-state index in [4.69, 9.17) is 34.1 Å². The third-order valence-electron chi connectivity index (χ3n) is 8.98. The summed E-state index contributed by atoms with van der Waals surface area (Å²) in [6, 6.07) is 19.0. The maximum atomic E-state index is 13.6. The van der Waals surface area contributed by atoms with Crippen LogP contribution in [-0.2, 0) is 30.8 Å². The zero-order chi connectivity index (χ0) is 60.5. The number of isocyanates is 1. The van der Waals surface area contributed by atoms with E-state index in [0.717, 1.165) is 17.0 Å². The highest BCUT2D eigenvalue weighted by atomic mass is 19.1. The Morgan fingerprint density at radius 1 is 0.726 bits per heavy atom. The molecule has 4 aromatic rings. The van der Waals surface area contributed by atoms with Crippen molar-refractivity contribution in [1.29, 1.82) is 0 Å². The number of piperidine rings is 2. The highest BCUT2D eigenvalue weighted by Gasteiger charge is 2.27. The van der Waals surface area contributed by atoms with Crippen molar-refractivity contribution < 1.29 is 52.5 Å². The van der Waals surface area contributed by atoms with Crippen LogP contribution in [0.3, 0.4) is 0 Å². The number of carbonyl (C=O) groups excluding carboxylic acids is 2. The Kier molecular flexibility index (Phi) is 12.8. The summed E-state index contributed by atoms with van der Waals surface area (Å²) in [5, 5.41) is 5.15. The highest BCUT2D eigenvalue weighted by Crippen LogP contribution is 2.20. The van der Waals surface area contributed by atoms with Gasteiger partial charge in [0.2, 0.25) is 6.08 Å². The topological polar surface area (TPSA) is 98.7 Å². The Labute approximate surface area is 394 Å². The van der Waals surface area contributed by atoms with Crippen molar-refractivity contribution in [3.8, 4) is 11.5 Å². The average Bonchev–Trinajstić information content (AvgIpc) is 3.34. The van der Waals surface area contributed by atoms with Crippen LogP contribution in [0.1, 0.15) is 100 Å². The number of aliphatic imine (C=N–C) groups is 1. The van der Waals surface area contributed by atoms with Crippen LogP contribution in [0.4, 0.5) is 13.6 Å². The summed E-state index contributed by atoms with van der Waals surface area (Å²) in [5.41, 5.74) is 0.525. The molecular formula is C50H68F2N6O4. The van der Waals surface area contributed by atoms with E-state index in [1.165, 1.54) is 101 Å². The van der Waals surface area contributed by atoms with Gasteiger partial charge in [0.05, 0.1) is 33.3 Å². The smallest absolute Gasteiger partial charge is 0.318 e. The second kappa shape index (κ2) is 27.0. The second-order valence-corrected chi connectivity index (χ2v) is 14.9. The van der Waals surface area contributed by atoms with Gasteiger partial charge in [-0.25, -0.2) is 23.4 Å². The third kappa shape index (κ3) is 19.3. The largest absolute Gasteiger partial charge is 0.493 e. The van der Waals surface area contributed by atoms with E-state index < -0.39 is 82.7 Å². The van der Waals surface area contributed by atoms with Gasteiger partial charge in [-0.15, -0.1) is 0 Å². The van der Waals surface area contributed by atoms with Gasteiger partial charge >= 0.3 is 6.03 Å². The van der Waals surface area contributed by atoms with Gasteiger partial charge < -0.3 is 34.8 Å². The van der Waals surface area contributed by atoms with Gasteiger partial charge in [0.25, 0.3) is 0 Å². The number of rotatable bonds is 16. The van der Waals surface area contributed by atoms with Crippen molar-refractivity contribution in [2.75, 3.05) is 53.2 Å². The maximum Gasteiger partial charge on any atom is 0.318 e. The number of halogens is 2. The van der Waals surface area contributed by atoms with Crippen LogP contribution in [0, 0.1) is 23.5 Å². The first-order valence-electron chi connectivity index (χ1n) is 29.3. The van der Waals surface area contributed by atoms with Crippen molar-refractivity contribution in [2.45, 2.75) is 91.4 Å². The summed E-state index contributed by atoms with van der Waals surface area (Å²) in [7, 11) is 0.